The highest BCUT2D eigenvalue weighted by Crippen LogP contribution is 2.46. The molecule has 0 fully saturated rings. The molecule has 0 spiro atoms. The second kappa shape index (κ2) is 7.62. The lowest BCUT2D eigenvalue weighted by atomic mass is 9.80. The molecule has 0 saturated carbocycles. The third-order valence-corrected chi connectivity index (χ3v) is 5.70. The third kappa shape index (κ3) is 3.14. The number of carbonyl (C=O) groups excluding carboxylic acids is 3. The lowest BCUT2D eigenvalue weighted by Crippen LogP contribution is -2.25. The van der Waals surface area contributed by atoms with Crippen LogP contribution in [0.3, 0.4) is 0 Å². The molecule has 0 heterocycles. The smallest absolute Gasteiger partial charge is 0.201 e. The molecule has 3 N–H and O–H groups in total. The molecule has 1 unspecified atom stereocenters. The summed E-state index contributed by atoms with van der Waals surface area (Å²) < 4.78 is 0. The molecule has 0 radical (unpaired) electrons. The standard InChI is InChI=1S/C25H21NO6/c1-12-8-15-19(17(28)9-12)24(31)20-16(23(15)30)10-18(29)21(25(20)32)22(26(2)3)14-6-4-13(11-27)5-7-14/h4-11,22,28-29,32H,1-3H3. The number of phenols is 3. The van der Waals surface area contributed by atoms with Crippen LogP contribution in [0.5, 0.6) is 17.2 Å². The van der Waals surface area contributed by atoms with Gasteiger partial charge in [-0.2, -0.15) is 0 Å². The van der Waals surface area contributed by atoms with Gasteiger partial charge in [-0.1, -0.05) is 24.3 Å². The maximum atomic E-state index is 13.3. The SMILES string of the molecule is Cc1cc(O)c2c(c1)C(=O)c1cc(O)c(C(c3ccc(C=O)cc3)N(C)C)c(O)c1C2=O. The Labute approximate surface area is 184 Å². The number of aldehydes is 1. The molecule has 0 aromatic heterocycles. The maximum absolute atomic E-state index is 13.3. The fourth-order valence-electron chi connectivity index (χ4n) is 4.28. The van der Waals surface area contributed by atoms with Gasteiger partial charge < -0.3 is 15.3 Å². The molecular formula is C25H21NO6. The zero-order valence-electron chi connectivity index (χ0n) is 17.7. The first kappa shape index (κ1) is 21.3. The normalized spacial score (nSPS) is 13.6. The highest BCUT2D eigenvalue weighted by Gasteiger charge is 2.38. The van der Waals surface area contributed by atoms with E-state index in [1.165, 1.54) is 18.2 Å². The van der Waals surface area contributed by atoms with Gasteiger partial charge in [0.05, 0.1) is 22.7 Å². The number of hydrogen-bond acceptors (Lipinski definition) is 7. The van der Waals surface area contributed by atoms with Crippen LogP contribution in [0.2, 0.25) is 0 Å². The van der Waals surface area contributed by atoms with E-state index in [-0.39, 0.29) is 39.3 Å². The average molecular weight is 431 g/mol. The van der Waals surface area contributed by atoms with Crippen molar-refractivity contribution in [1.82, 2.24) is 4.90 Å². The Morgan fingerprint density at radius 3 is 2.06 bits per heavy atom. The Morgan fingerprint density at radius 2 is 1.47 bits per heavy atom. The second-order valence-corrected chi connectivity index (χ2v) is 8.10. The summed E-state index contributed by atoms with van der Waals surface area (Å²) in [7, 11) is 3.46. The monoisotopic (exact) mass is 431 g/mol. The number of hydrogen-bond donors (Lipinski definition) is 3. The molecule has 1 aliphatic carbocycles. The number of aryl methyl sites for hydroxylation is 1. The van der Waals surface area contributed by atoms with Crippen LogP contribution in [0.4, 0.5) is 0 Å². The van der Waals surface area contributed by atoms with Crippen molar-refractivity contribution >= 4 is 17.9 Å². The van der Waals surface area contributed by atoms with E-state index in [0.717, 1.165) is 0 Å². The number of carbonyl (C=O) groups is 3. The summed E-state index contributed by atoms with van der Waals surface area (Å²) in [6, 6.07) is 9.96. The summed E-state index contributed by atoms with van der Waals surface area (Å²) in [5.74, 6) is -2.48. The summed E-state index contributed by atoms with van der Waals surface area (Å²) in [4.78, 5) is 39.1. The van der Waals surface area contributed by atoms with Gasteiger partial charge in [0.15, 0.2) is 5.78 Å². The molecule has 3 aromatic rings. The molecule has 1 aliphatic rings. The van der Waals surface area contributed by atoms with Gasteiger partial charge in [-0.05, 0) is 50.3 Å². The first-order valence-corrected chi connectivity index (χ1v) is 9.89. The number of phenolic OH excluding ortho intramolecular Hbond substituents is 3. The lowest BCUT2D eigenvalue weighted by Gasteiger charge is -2.29. The minimum absolute atomic E-state index is 0.0279. The van der Waals surface area contributed by atoms with Gasteiger partial charge in [0, 0.05) is 16.7 Å². The number of fused-ring (bicyclic) bond motifs is 2. The van der Waals surface area contributed by atoms with Crippen molar-refractivity contribution in [3.63, 3.8) is 0 Å². The molecule has 162 valence electrons. The van der Waals surface area contributed by atoms with Gasteiger partial charge in [-0.3, -0.25) is 19.3 Å². The summed E-state index contributed by atoms with van der Waals surface area (Å²) in [5.41, 5.74) is 1.24. The fourth-order valence-corrected chi connectivity index (χ4v) is 4.28. The Kier molecular flexibility index (Phi) is 5.06. The van der Waals surface area contributed by atoms with Crippen molar-refractivity contribution in [3.8, 4) is 17.2 Å². The van der Waals surface area contributed by atoms with Crippen molar-refractivity contribution in [2.45, 2.75) is 13.0 Å². The Hall–Kier alpha value is -3.97. The average Bonchev–Trinajstić information content (AvgIpc) is 2.74. The zero-order chi connectivity index (χ0) is 23.3. The van der Waals surface area contributed by atoms with Crippen LogP contribution in [0.15, 0.2) is 42.5 Å². The summed E-state index contributed by atoms with van der Waals surface area (Å²) >= 11 is 0. The van der Waals surface area contributed by atoms with Gasteiger partial charge in [0.1, 0.15) is 23.5 Å². The maximum Gasteiger partial charge on any atom is 0.201 e. The van der Waals surface area contributed by atoms with Crippen LogP contribution in [0.25, 0.3) is 0 Å². The molecule has 7 nitrogen and oxygen atoms in total. The van der Waals surface area contributed by atoms with E-state index in [9.17, 15) is 29.7 Å². The van der Waals surface area contributed by atoms with Crippen LogP contribution in [-0.2, 0) is 0 Å². The van der Waals surface area contributed by atoms with Crippen LogP contribution in [-0.4, -0.2) is 52.2 Å². The number of rotatable bonds is 4. The van der Waals surface area contributed by atoms with Gasteiger partial charge in [0.25, 0.3) is 0 Å². The highest BCUT2D eigenvalue weighted by atomic mass is 16.3. The van der Waals surface area contributed by atoms with E-state index >= 15 is 0 Å². The molecule has 7 heteroatoms. The minimum Gasteiger partial charge on any atom is -0.507 e. The zero-order valence-corrected chi connectivity index (χ0v) is 17.7. The van der Waals surface area contributed by atoms with E-state index in [0.29, 0.717) is 23.0 Å². The molecule has 0 aliphatic heterocycles. The van der Waals surface area contributed by atoms with Crippen molar-refractivity contribution in [2.24, 2.45) is 0 Å². The molecule has 32 heavy (non-hydrogen) atoms. The number of benzene rings is 3. The van der Waals surface area contributed by atoms with Crippen LogP contribution < -0.4 is 0 Å². The van der Waals surface area contributed by atoms with Gasteiger partial charge in [-0.15, -0.1) is 0 Å². The Morgan fingerprint density at radius 1 is 0.844 bits per heavy atom. The topological polar surface area (TPSA) is 115 Å². The van der Waals surface area contributed by atoms with E-state index in [1.54, 1.807) is 50.2 Å². The quantitative estimate of drug-likeness (QED) is 0.425. The second-order valence-electron chi connectivity index (χ2n) is 8.10. The molecule has 1 atom stereocenters. The van der Waals surface area contributed by atoms with Gasteiger partial charge >= 0.3 is 0 Å². The third-order valence-electron chi connectivity index (χ3n) is 5.70. The minimum atomic E-state index is -0.695. The summed E-state index contributed by atoms with van der Waals surface area (Å²) in [6.45, 7) is 1.68. The van der Waals surface area contributed by atoms with Crippen molar-refractivity contribution in [1.29, 1.82) is 0 Å². The molecule has 3 aromatic carbocycles. The van der Waals surface area contributed by atoms with E-state index in [4.69, 9.17) is 0 Å². The molecule has 0 amide bonds. The number of nitrogens with zero attached hydrogens (tertiary/aromatic N) is 1. The predicted octanol–water partition coefficient (Wildman–Crippen LogP) is 3.35. The highest BCUT2D eigenvalue weighted by molar-refractivity contribution is 6.30. The van der Waals surface area contributed by atoms with Crippen molar-refractivity contribution in [2.75, 3.05) is 14.1 Å². The summed E-state index contributed by atoms with van der Waals surface area (Å²) in [5, 5.41) is 32.3. The molecular weight excluding hydrogens is 410 g/mol. The number of ketones is 2. The lowest BCUT2D eigenvalue weighted by molar-refractivity contribution is 0.0973. The van der Waals surface area contributed by atoms with Crippen LogP contribution in [0.1, 0.15) is 64.9 Å². The molecule has 0 saturated heterocycles. The van der Waals surface area contributed by atoms with Crippen molar-refractivity contribution in [3.05, 3.63) is 87.0 Å². The predicted molar refractivity (Wildman–Crippen MR) is 117 cm³/mol. The van der Waals surface area contributed by atoms with Gasteiger partial charge in [-0.25, -0.2) is 0 Å². The van der Waals surface area contributed by atoms with Crippen LogP contribution >= 0.6 is 0 Å². The fraction of sp³-hybridized carbons (Fsp3) is 0.160. The molecule has 0 bridgehead atoms. The largest absolute Gasteiger partial charge is 0.507 e. The first-order valence-electron chi connectivity index (χ1n) is 9.89. The van der Waals surface area contributed by atoms with E-state index in [2.05, 4.69) is 0 Å². The van der Waals surface area contributed by atoms with E-state index in [1.807, 2.05) is 0 Å². The first-order chi connectivity index (χ1) is 15.1. The van der Waals surface area contributed by atoms with Gasteiger partial charge in [0.2, 0.25) is 5.78 Å². The van der Waals surface area contributed by atoms with Crippen molar-refractivity contribution < 1.29 is 29.7 Å². The Balaban J connectivity index is 1.96. The number of aromatic hydroxyl groups is 3. The summed E-state index contributed by atoms with van der Waals surface area (Å²) in [6.07, 6.45) is 0.707. The Bertz CT molecular complexity index is 1290. The molecule has 4 rings (SSSR count). The van der Waals surface area contributed by atoms with E-state index < -0.39 is 23.4 Å². The van der Waals surface area contributed by atoms with Crippen LogP contribution in [0, 0.1) is 6.92 Å².